The van der Waals surface area contributed by atoms with Gasteiger partial charge in [-0.25, -0.2) is 4.79 Å². The third-order valence-electron chi connectivity index (χ3n) is 4.71. The van der Waals surface area contributed by atoms with Crippen LogP contribution >= 0.6 is 0 Å². The summed E-state index contributed by atoms with van der Waals surface area (Å²) in [5.74, 6) is -0.911. The molecule has 0 spiro atoms. The number of amides is 1. The first kappa shape index (κ1) is 17.0. The number of hydrogen-bond donors (Lipinski definition) is 3. The van der Waals surface area contributed by atoms with Crippen LogP contribution in [0.2, 0.25) is 0 Å². The van der Waals surface area contributed by atoms with Crippen LogP contribution in [0.15, 0.2) is 42.5 Å². The molecule has 1 aliphatic carbocycles. The van der Waals surface area contributed by atoms with Gasteiger partial charge in [0.25, 0.3) is 0 Å². The molecule has 0 bridgehead atoms. The minimum absolute atomic E-state index is 0.0197. The van der Waals surface area contributed by atoms with E-state index in [1.165, 1.54) is 0 Å². The Labute approximate surface area is 146 Å². The van der Waals surface area contributed by atoms with Crippen LogP contribution in [0.25, 0.3) is 0 Å². The van der Waals surface area contributed by atoms with Crippen molar-refractivity contribution in [1.29, 1.82) is 0 Å². The summed E-state index contributed by atoms with van der Waals surface area (Å²) in [7, 11) is 0. The minimum atomic E-state index is -0.945. The van der Waals surface area contributed by atoms with E-state index < -0.39 is 5.97 Å². The van der Waals surface area contributed by atoms with Crippen molar-refractivity contribution >= 4 is 11.9 Å². The average Bonchev–Trinajstić information content (AvgIpc) is 2.62. The lowest BCUT2D eigenvalue weighted by Gasteiger charge is -2.25. The maximum absolute atomic E-state index is 12.5. The molecular formula is C20H21NO4. The van der Waals surface area contributed by atoms with E-state index in [0.29, 0.717) is 13.0 Å². The minimum Gasteiger partial charge on any atom is -0.508 e. The Morgan fingerprint density at radius 1 is 1.12 bits per heavy atom. The highest BCUT2D eigenvalue weighted by atomic mass is 16.4. The third-order valence-corrected chi connectivity index (χ3v) is 4.71. The van der Waals surface area contributed by atoms with Gasteiger partial charge >= 0.3 is 5.97 Å². The molecule has 0 unspecified atom stereocenters. The maximum atomic E-state index is 12.5. The first-order chi connectivity index (χ1) is 12.1. The van der Waals surface area contributed by atoms with Gasteiger partial charge in [-0.3, -0.25) is 4.79 Å². The van der Waals surface area contributed by atoms with Crippen molar-refractivity contribution in [2.45, 2.75) is 31.6 Å². The van der Waals surface area contributed by atoms with Gasteiger partial charge in [-0.2, -0.15) is 0 Å². The summed E-state index contributed by atoms with van der Waals surface area (Å²) in [5, 5.41) is 21.8. The molecule has 130 valence electrons. The monoisotopic (exact) mass is 339 g/mol. The molecule has 0 heterocycles. The van der Waals surface area contributed by atoms with Crippen molar-refractivity contribution in [2.75, 3.05) is 6.54 Å². The predicted octanol–water partition coefficient (Wildman–Crippen LogP) is 2.87. The fourth-order valence-electron chi connectivity index (χ4n) is 3.37. The zero-order valence-corrected chi connectivity index (χ0v) is 13.9. The molecule has 3 rings (SSSR count). The molecule has 0 saturated carbocycles. The van der Waals surface area contributed by atoms with Gasteiger partial charge in [0.15, 0.2) is 0 Å². The number of fused-ring (bicyclic) bond motifs is 1. The molecular weight excluding hydrogens is 318 g/mol. The van der Waals surface area contributed by atoms with E-state index in [1.54, 1.807) is 36.4 Å². The van der Waals surface area contributed by atoms with Crippen molar-refractivity contribution in [3.05, 3.63) is 64.7 Å². The highest BCUT2D eigenvalue weighted by Crippen LogP contribution is 2.36. The first-order valence-electron chi connectivity index (χ1n) is 8.47. The number of hydrogen-bond acceptors (Lipinski definition) is 3. The Kier molecular flexibility index (Phi) is 5.03. The number of carboxylic acids is 1. The number of phenols is 1. The van der Waals surface area contributed by atoms with Crippen molar-refractivity contribution in [2.24, 2.45) is 0 Å². The van der Waals surface area contributed by atoms with Crippen molar-refractivity contribution < 1.29 is 19.8 Å². The Morgan fingerprint density at radius 2 is 1.88 bits per heavy atom. The highest BCUT2D eigenvalue weighted by Gasteiger charge is 2.27. The van der Waals surface area contributed by atoms with Gasteiger partial charge in [-0.15, -0.1) is 0 Å². The molecule has 0 aliphatic heterocycles. The fourth-order valence-corrected chi connectivity index (χ4v) is 3.37. The normalized spacial score (nSPS) is 16.1. The standard InChI is InChI=1S/C20H21NO4/c22-18-6-2-3-15-16(18)4-1-5-17(15)19(23)21-12-11-13-7-9-14(10-8-13)20(24)25/h2-3,6-10,17,22H,1,4-5,11-12H2,(H,21,23)(H,24,25)/t17-/m0/s1. The molecule has 1 atom stereocenters. The van der Waals surface area contributed by atoms with Gasteiger partial charge in [-0.05, 0) is 60.6 Å². The molecule has 0 fully saturated rings. The molecule has 5 nitrogen and oxygen atoms in total. The number of benzene rings is 2. The molecule has 2 aromatic rings. The second kappa shape index (κ2) is 7.38. The zero-order valence-electron chi connectivity index (χ0n) is 13.9. The SMILES string of the molecule is O=C(O)c1ccc(CCNC(=O)[C@H]2CCCc3c(O)cccc32)cc1. The van der Waals surface area contributed by atoms with Crippen LogP contribution in [0.3, 0.4) is 0 Å². The second-order valence-corrected chi connectivity index (χ2v) is 6.33. The van der Waals surface area contributed by atoms with Crippen molar-refractivity contribution in [1.82, 2.24) is 5.32 Å². The summed E-state index contributed by atoms with van der Waals surface area (Å²) < 4.78 is 0. The van der Waals surface area contributed by atoms with Crippen LogP contribution in [0.1, 0.15) is 45.8 Å². The van der Waals surface area contributed by atoms with Crippen LogP contribution in [0, 0.1) is 0 Å². The van der Waals surface area contributed by atoms with Crippen LogP contribution in [-0.2, 0) is 17.6 Å². The quantitative estimate of drug-likeness (QED) is 0.782. The molecule has 0 radical (unpaired) electrons. The van der Waals surface area contributed by atoms with E-state index in [1.807, 2.05) is 6.07 Å². The summed E-state index contributed by atoms with van der Waals surface area (Å²) in [6, 6.07) is 12.0. The van der Waals surface area contributed by atoms with Gasteiger partial charge in [0.1, 0.15) is 5.75 Å². The number of carboxylic acid groups (broad SMARTS) is 1. The summed E-state index contributed by atoms with van der Waals surface area (Å²) in [6.07, 6.45) is 3.13. The van der Waals surface area contributed by atoms with E-state index in [2.05, 4.69) is 5.32 Å². The lowest BCUT2D eigenvalue weighted by Crippen LogP contribution is -2.32. The lowest BCUT2D eigenvalue weighted by molar-refractivity contribution is -0.122. The molecule has 0 saturated heterocycles. The van der Waals surface area contributed by atoms with Gasteiger partial charge in [0.05, 0.1) is 11.5 Å². The van der Waals surface area contributed by atoms with Crippen molar-refractivity contribution in [3.8, 4) is 5.75 Å². The van der Waals surface area contributed by atoms with Crippen LogP contribution in [0.5, 0.6) is 5.75 Å². The Balaban J connectivity index is 1.59. The largest absolute Gasteiger partial charge is 0.508 e. The first-order valence-corrected chi connectivity index (χ1v) is 8.47. The van der Waals surface area contributed by atoms with E-state index in [9.17, 15) is 14.7 Å². The fraction of sp³-hybridized carbons (Fsp3) is 0.300. The van der Waals surface area contributed by atoms with Gasteiger partial charge in [0.2, 0.25) is 5.91 Å². The smallest absolute Gasteiger partial charge is 0.335 e. The number of carbonyl (C=O) groups excluding carboxylic acids is 1. The number of rotatable bonds is 5. The van der Waals surface area contributed by atoms with E-state index in [-0.39, 0.29) is 23.1 Å². The summed E-state index contributed by atoms with van der Waals surface area (Å²) in [6.45, 7) is 0.496. The number of carbonyl (C=O) groups is 2. The number of phenolic OH excluding ortho intramolecular Hbond substituents is 1. The number of nitrogens with one attached hydrogen (secondary N) is 1. The number of aromatic hydroxyl groups is 1. The van der Waals surface area contributed by atoms with E-state index in [0.717, 1.165) is 36.0 Å². The molecule has 3 N–H and O–H groups in total. The summed E-state index contributed by atoms with van der Waals surface area (Å²) >= 11 is 0. The third kappa shape index (κ3) is 3.82. The van der Waals surface area contributed by atoms with Gasteiger partial charge in [0, 0.05) is 6.54 Å². The van der Waals surface area contributed by atoms with Gasteiger partial charge in [-0.1, -0.05) is 24.3 Å². The van der Waals surface area contributed by atoms with E-state index in [4.69, 9.17) is 5.11 Å². The Morgan fingerprint density at radius 3 is 2.60 bits per heavy atom. The molecule has 25 heavy (non-hydrogen) atoms. The van der Waals surface area contributed by atoms with Crippen molar-refractivity contribution in [3.63, 3.8) is 0 Å². The zero-order chi connectivity index (χ0) is 17.8. The topological polar surface area (TPSA) is 86.6 Å². The lowest BCUT2D eigenvalue weighted by atomic mass is 9.82. The highest BCUT2D eigenvalue weighted by molar-refractivity contribution is 5.87. The van der Waals surface area contributed by atoms with Crippen LogP contribution in [0.4, 0.5) is 0 Å². The average molecular weight is 339 g/mol. The van der Waals surface area contributed by atoms with Crippen LogP contribution in [-0.4, -0.2) is 28.6 Å². The Bertz CT molecular complexity index is 783. The predicted molar refractivity (Wildman–Crippen MR) is 93.9 cm³/mol. The molecule has 2 aromatic carbocycles. The summed E-state index contributed by atoms with van der Waals surface area (Å²) in [5.41, 5.74) is 3.05. The van der Waals surface area contributed by atoms with E-state index >= 15 is 0 Å². The molecule has 1 aliphatic rings. The Hall–Kier alpha value is -2.82. The second-order valence-electron chi connectivity index (χ2n) is 6.33. The summed E-state index contributed by atoms with van der Waals surface area (Å²) in [4.78, 5) is 23.4. The maximum Gasteiger partial charge on any atom is 0.335 e. The number of aromatic carboxylic acids is 1. The van der Waals surface area contributed by atoms with Gasteiger partial charge < -0.3 is 15.5 Å². The molecule has 0 aromatic heterocycles. The molecule has 5 heteroatoms. The molecule has 1 amide bonds. The van der Waals surface area contributed by atoms with Crippen LogP contribution < -0.4 is 5.32 Å².